The minimum atomic E-state index is -0.716. The van der Waals surface area contributed by atoms with Crippen molar-refractivity contribution >= 4 is 11.7 Å². The quantitative estimate of drug-likeness (QED) is 0.465. The number of carbonyl (C=O) groups is 1. The molecule has 0 fully saturated rings. The van der Waals surface area contributed by atoms with Crippen molar-refractivity contribution in [3.05, 3.63) is 65.6 Å². The summed E-state index contributed by atoms with van der Waals surface area (Å²) in [5, 5.41) is 2.73. The number of nitrogens with one attached hydrogen (secondary N) is 1. The predicted octanol–water partition coefficient (Wildman–Crippen LogP) is 3.08. The SMILES string of the molecule is CC=CCCOc1cccc(CNC(=O)c2ccc(F)nc2N)c1. The number of pyridine rings is 1. The third-order valence-electron chi connectivity index (χ3n) is 3.28. The van der Waals surface area contributed by atoms with Crippen LogP contribution in [-0.4, -0.2) is 17.5 Å². The van der Waals surface area contributed by atoms with Crippen LogP contribution in [0.3, 0.4) is 0 Å². The fourth-order valence-corrected chi connectivity index (χ4v) is 2.08. The molecule has 0 saturated heterocycles. The van der Waals surface area contributed by atoms with Gasteiger partial charge in [-0.05, 0) is 43.2 Å². The van der Waals surface area contributed by atoms with Crippen LogP contribution in [0.25, 0.3) is 0 Å². The number of halogens is 1. The van der Waals surface area contributed by atoms with E-state index in [0.717, 1.165) is 23.8 Å². The summed E-state index contributed by atoms with van der Waals surface area (Å²) >= 11 is 0. The highest BCUT2D eigenvalue weighted by atomic mass is 19.1. The van der Waals surface area contributed by atoms with E-state index in [2.05, 4.69) is 10.3 Å². The molecule has 0 aliphatic rings. The van der Waals surface area contributed by atoms with E-state index in [-0.39, 0.29) is 11.4 Å². The maximum Gasteiger partial charge on any atom is 0.255 e. The van der Waals surface area contributed by atoms with E-state index in [1.807, 2.05) is 43.3 Å². The first-order valence-corrected chi connectivity index (χ1v) is 7.63. The van der Waals surface area contributed by atoms with Gasteiger partial charge >= 0.3 is 0 Å². The van der Waals surface area contributed by atoms with Crippen molar-refractivity contribution in [2.24, 2.45) is 0 Å². The summed E-state index contributed by atoms with van der Waals surface area (Å²) in [6.07, 6.45) is 4.85. The Morgan fingerprint density at radius 1 is 1.38 bits per heavy atom. The number of rotatable bonds is 7. The molecule has 0 aliphatic heterocycles. The predicted molar refractivity (Wildman–Crippen MR) is 91.1 cm³/mol. The highest BCUT2D eigenvalue weighted by molar-refractivity contribution is 5.98. The second kappa shape index (κ2) is 8.67. The molecule has 5 nitrogen and oxygen atoms in total. The topological polar surface area (TPSA) is 77.2 Å². The minimum Gasteiger partial charge on any atom is -0.493 e. The van der Waals surface area contributed by atoms with Gasteiger partial charge < -0.3 is 15.8 Å². The standard InChI is InChI=1S/C18H20FN3O2/c1-2-3-4-10-24-14-7-5-6-13(11-14)12-21-18(23)15-8-9-16(19)22-17(15)20/h2-3,5-9,11H,4,10,12H2,1H3,(H2,20,22)(H,21,23). The van der Waals surface area contributed by atoms with Gasteiger partial charge in [-0.3, -0.25) is 4.79 Å². The molecule has 0 aliphatic carbocycles. The first kappa shape index (κ1) is 17.5. The normalized spacial score (nSPS) is 10.8. The number of benzene rings is 1. The highest BCUT2D eigenvalue weighted by Gasteiger charge is 2.11. The van der Waals surface area contributed by atoms with E-state index in [9.17, 15) is 9.18 Å². The van der Waals surface area contributed by atoms with E-state index < -0.39 is 11.9 Å². The lowest BCUT2D eigenvalue weighted by Gasteiger charge is -2.09. The number of ether oxygens (including phenoxy) is 1. The molecule has 0 saturated carbocycles. The van der Waals surface area contributed by atoms with Crippen molar-refractivity contribution in [3.63, 3.8) is 0 Å². The maximum absolute atomic E-state index is 12.9. The Kier molecular flexibility index (Phi) is 6.31. The number of hydrogen-bond donors (Lipinski definition) is 2. The third kappa shape index (κ3) is 5.08. The van der Waals surface area contributed by atoms with Crippen LogP contribution in [0, 0.1) is 5.95 Å². The fourth-order valence-electron chi connectivity index (χ4n) is 2.08. The van der Waals surface area contributed by atoms with Gasteiger partial charge in [0, 0.05) is 6.54 Å². The number of carbonyl (C=O) groups excluding carboxylic acids is 1. The monoisotopic (exact) mass is 329 g/mol. The zero-order valence-electron chi connectivity index (χ0n) is 13.5. The zero-order chi connectivity index (χ0) is 17.4. The van der Waals surface area contributed by atoms with Gasteiger partial charge in [-0.15, -0.1) is 0 Å². The van der Waals surface area contributed by atoms with E-state index in [1.54, 1.807) is 0 Å². The number of allylic oxidation sites excluding steroid dienone is 1. The molecule has 6 heteroatoms. The molecule has 0 atom stereocenters. The molecule has 0 spiro atoms. The van der Waals surface area contributed by atoms with Crippen molar-refractivity contribution in [3.8, 4) is 5.75 Å². The molecule has 0 bridgehead atoms. The summed E-state index contributed by atoms with van der Waals surface area (Å²) in [5.41, 5.74) is 6.60. The molecule has 1 amide bonds. The van der Waals surface area contributed by atoms with E-state index in [4.69, 9.17) is 10.5 Å². The molecule has 0 unspecified atom stereocenters. The molecule has 3 N–H and O–H groups in total. The Labute approximate surface area is 140 Å². The lowest BCUT2D eigenvalue weighted by atomic mass is 10.2. The molecule has 2 rings (SSSR count). The second-order valence-corrected chi connectivity index (χ2v) is 5.10. The number of amides is 1. The number of hydrogen-bond acceptors (Lipinski definition) is 4. The first-order chi connectivity index (χ1) is 11.6. The number of aromatic nitrogens is 1. The molecule has 24 heavy (non-hydrogen) atoms. The van der Waals surface area contributed by atoms with Gasteiger partial charge in [0.15, 0.2) is 0 Å². The van der Waals surface area contributed by atoms with Crippen LogP contribution >= 0.6 is 0 Å². The molecular formula is C18H20FN3O2. The molecule has 1 heterocycles. The fraction of sp³-hybridized carbons (Fsp3) is 0.222. The van der Waals surface area contributed by atoms with Crippen molar-refractivity contribution in [1.29, 1.82) is 0 Å². The van der Waals surface area contributed by atoms with Gasteiger partial charge in [0.25, 0.3) is 5.91 Å². The number of nitrogen functional groups attached to an aromatic ring is 1. The van der Waals surface area contributed by atoms with Gasteiger partial charge in [-0.1, -0.05) is 24.3 Å². The Balaban J connectivity index is 1.92. The smallest absolute Gasteiger partial charge is 0.255 e. The van der Waals surface area contributed by atoms with Crippen LogP contribution < -0.4 is 15.8 Å². The summed E-state index contributed by atoms with van der Waals surface area (Å²) in [6, 6.07) is 9.88. The first-order valence-electron chi connectivity index (χ1n) is 7.63. The van der Waals surface area contributed by atoms with Crippen LogP contribution in [0.15, 0.2) is 48.6 Å². The van der Waals surface area contributed by atoms with Gasteiger partial charge in [-0.25, -0.2) is 4.98 Å². The third-order valence-corrected chi connectivity index (χ3v) is 3.28. The summed E-state index contributed by atoms with van der Waals surface area (Å²) in [4.78, 5) is 15.5. The summed E-state index contributed by atoms with van der Waals surface area (Å²) in [5.74, 6) is -0.506. The summed E-state index contributed by atoms with van der Waals surface area (Å²) in [7, 11) is 0. The molecule has 1 aromatic carbocycles. The van der Waals surface area contributed by atoms with Crippen LogP contribution in [0.2, 0.25) is 0 Å². The average Bonchev–Trinajstić information content (AvgIpc) is 2.57. The van der Waals surface area contributed by atoms with Crippen LogP contribution in [0.4, 0.5) is 10.2 Å². The van der Waals surface area contributed by atoms with E-state index in [0.29, 0.717) is 13.2 Å². The molecule has 2 aromatic rings. The van der Waals surface area contributed by atoms with Crippen LogP contribution in [-0.2, 0) is 6.54 Å². The van der Waals surface area contributed by atoms with E-state index in [1.165, 1.54) is 6.07 Å². The molecule has 126 valence electrons. The number of nitrogens with two attached hydrogens (primary N) is 1. The Morgan fingerprint density at radius 3 is 2.96 bits per heavy atom. The van der Waals surface area contributed by atoms with Crippen molar-refractivity contribution in [2.45, 2.75) is 19.9 Å². The van der Waals surface area contributed by atoms with Gasteiger partial charge in [0.1, 0.15) is 11.6 Å². The Bertz CT molecular complexity index is 732. The Hall–Kier alpha value is -2.89. The average molecular weight is 329 g/mol. The number of anilines is 1. The lowest BCUT2D eigenvalue weighted by molar-refractivity contribution is 0.0951. The maximum atomic E-state index is 12.9. The largest absolute Gasteiger partial charge is 0.493 e. The minimum absolute atomic E-state index is 0.131. The van der Waals surface area contributed by atoms with Crippen molar-refractivity contribution in [2.75, 3.05) is 12.3 Å². The molecular weight excluding hydrogens is 309 g/mol. The van der Waals surface area contributed by atoms with Gasteiger partial charge in [-0.2, -0.15) is 4.39 Å². The van der Waals surface area contributed by atoms with Gasteiger partial charge in [0.05, 0.1) is 12.2 Å². The van der Waals surface area contributed by atoms with E-state index >= 15 is 0 Å². The second-order valence-electron chi connectivity index (χ2n) is 5.10. The van der Waals surface area contributed by atoms with Crippen LogP contribution in [0.5, 0.6) is 5.75 Å². The van der Waals surface area contributed by atoms with Crippen LogP contribution in [0.1, 0.15) is 29.3 Å². The number of nitrogens with zero attached hydrogens (tertiary/aromatic N) is 1. The zero-order valence-corrected chi connectivity index (χ0v) is 13.5. The molecule has 1 aromatic heterocycles. The van der Waals surface area contributed by atoms with Crippen molar-refractivity contribution in [1.82, 2.24) is 10.3 Å². The lowest BCUT2D eigenvalue weighted by Crippen LogP contribution is -2.24. The summed E-state index contributed by atoms with van der Waals surface area (Å²) < 4.78 is 18.6. The van der Waals surface area contributed by atoms with Crippen molar-refractivity contribution < 1.29 is 13.9 Å². The molecule has 0 radical (unpaired) electrons. The summed E-state index contributed by atoms with van der Waals surface area (Å²) in [6.45, 7) is 2.87. The van der Waals surface area contributed by atoms with Gasteiger partial charge in [0.2, 0.25) is 5.95 Å². The Morgan fingerprint density at radius 2 is 2.21 bits per heavy atom. The highest BCUT2D eigenvalue weighted by Crippen LogP contribution is 2.14.